The maximum Gasteiger partial charge on any atom is 0.408 e. The number of amides is 3. The minimum absolute atomic E-state index is 0.0873. The molecule has 2 unspecified atom stereocenters. The van der Waals surface area contributed by atoms with Crippen molar-refractivity contribution in [2.45, 2.75) is 51.5 Å². The van der Waals surface area contributed by atoms with Crippen molar-refractivity contribution in [1.29, 1.82) is 0 Å². The Morgan fingerprint density at radius 1 is 1.25 bits per heavy atom. The number of ether oxygens (including phenoxy) is 1. The summed E-state index contributed by atoms with van der Waals surface area (Å²) in [5.41, 5.74) is 2.77. The maximum absolute atomic E-state index is 13.3. The van der Waals surface area contributed by atoms with Gasteiger partial charge in [0.05, 0.1) is 0 Å². The van der Waals surface area contributed by atoms with Crippen molar-refractivity contribution < 1.29 is 19.1 Å². The zero-order chi connectivity index (χ0) is 22.9. The van der Waals surface area contributed by atoms with Crippen LogP contribution in [0.15, 0.2) is 48.1 Å². The molecule has 2 N–H and O–H groups in total. The first-order valence-corrected chi connectivity index (χ1v) is 11.3. The quantitative estimate of drug-likeness (QED) is 0.570. The van der Waals surface area contributed by atoms with Crippen LogP contribution in [0.4, 0.5) is 10.5 Å². The predicted octanol–water partition coefficient (Wildman–Crippen LogP) is 3.99. The third-order valence-electron chi connectivity index (χ3n) is 5.85. The van der Waals surface area contributed by atoms with Crippen molar-refractivity contribution in [1.82, 2.24) is 10.2 Å². The standard InChI is InChI=1S/C25H33N3O4/c1-18(2)14-23(27-25(31)32-16-19-8-4-3-5-9-19)24(30)28-13-12-20(15-28)21-10-6-7-11-22(21)26-17-29/h4,6-11,17-18,20,23H,3,5,12-16H2,1-2H3,(H,26,29)(H,27,31). The first kappa shape index (κ1) is 23.6. The van der Waals surface area contributed by atoms with Gasteiger partial charge in [-0.15, -0.1) is 0 Å². The van der Waals surface area contributed by atoms with Gasteiger partial charge in [-0.2, -0.15) is 0 Å². The molecule has 3 rings (SSSR count). The van der Waals surface area contributed by atoms with E-state index in [0.717, 1.165) is 36.1 Å². The lowest BCUT2D eigenvalue weighted by Crippen LogP contribution is -2.48. The summed E-state index contributed by atoms with van der Waals surface area (Å²) >= 11 is 0. The number of para-hydroxylation sites is 1. The molecule has 32 heavy (non-hydrogen) atoms. The summed E-state index contributed by atoms with van der Waals surface area (Å²) in [5, 5.41) is 5.53. The van der Waals surface area contributed by atoms with E-state index in [0.29, 0.717) is 25.9 Å². The number of nitrogens with zero attached hydrogens (tertiary/aromatic N) is 1. The number of alkyl carbamates (subject to hydrolysis) is 1. The monoisotopic (exact) mass is 439 g/mol. The molecule has 3 amide bonds. The second kappa shape index (κ2) is 11.5. The fourth-order valence-corrected chi connectivity index (χ4v) is 4.28. The van der Waals surface area contributed by atoms with E-state index in [1.54, 1.807) is 0 Å². The molecular formula is C25H33N3O4. The van der Waals surface area contributed by atoms with Crippen molar-refractivity contribution >= 4 is 24.1 Å². The molecule has 1 aliphatic heterocycles. The molecule has 7 nitrogen and oxygen atoms in total. The minimum Gasteiger partial charge on any atom is -0.445 e. The molecule has 1 saturated heterocycles. The van der Waals surface area contributed by atoms with Crippen LogP contribution in [0.5, 0.6) is 0 Å². The van der Waals surface area contributed by atoms with Crippen molar-refractivity contribution in [3.63, 3.8) is 0 Å². The molecule has 7 heteroatoms. The van der Waals surface area contributed by atoms with Crippen LogP contribution in [0.1, 0.15) is 51.0 Å². The number of likely N-dealkylation sites (tertiary alicyclic amines) is 1. The van der Waals surface area contributed by atoms with Gasteiger partial charge in [-0.1, -0.05) is 50.3 Å². The highest BCUT2D eigenvalue weighted by atomic mass is 16.5. The van der Waals surface area contributed by atoms with Gasteiger partial charge in [-0.3, -0.25) is 9.59 Å². The number of carbonyl (C=O) groups excluding carboxylic acids is 3. The first-order chi connectivity index (χ1) is 15.5. The zero-order valence-corrected chi connectivity index (χ0v) is 18.9. The fourth-order valence-electron chi connectivity index (χ4n) is 4.28. The molecule has 1 aromatic carbocycles. The van der Waals surface area contributed by atoms with Crippen LogP contribution in [0.25, 0.3) is 0 Å². The molecular weight excluding hydrogens is 406 g/mol. The maximum atomic E-state index is 13.3. The average molecular weight is 440 g/mol. The third-order valence-corrected chi connectivity index (χ3v) is 5.85. The van der Waals surface area contributed by atoms with Crippen LogP contribution < -0.4 is 10.6 Å². The van der Waals surface area contributed by atoms with E-state index in [1.807, 2.05) is 49.1 Å². The van der Waals surface area contributed by atoms with E-state index in [9.17, 15) is 14.4 Å². The molecule has 0 spiro atoms. The summed E-state index contributed by atoms with van der Waals surface area (Å²) < 4.78 is 5.36. The molecule has 2 aliphatic rings. The highest BCUT2D eigenvalue weighted by Crippen LogP contribution is 2.32. The summed E-state index contributed by atoms with van der Waals surface area (Å²) in [6, 6.07) is 7.04. The highest BCUT2D eigenvalue weighted by Gasteiger charge is 2.33. The van der Waals surface area contributed by atoms with Gasteiger partial charge < -0.3 is 20.3 Å². The van der Waals surface area contributed by atoms with Crippen LogP contribution in [0, 0.1) is 5.92 Å². The molecule has 0 bridgehead atoms. The molecule has 1 aliphatic carbocycles. The summed E-state index contributed by atoms with van der Waals surface area (Å²) in [4.78, 5) is 38.4. The lowest BCUT2D eigenvalue weighted by atomic mass is 9.96. The van der Waals surface area contributed by atoms with Crippen molar-refractivity contribution in [3.8, 4) is 0 Å². The average Bonchev–Trinajstić information content (AvgIpc) is 3.28. The Hall–Kier alpha value is -3.09. The van der Waals surface area contributed by atoms with E-state index in [-0.39, 0.29) is 24.3 Å². The number of hydrogen-bond donors (Lipinski definition) is 2. The summed E-state index contributed by atoms with van der Waals surface area (Å²) in [5.74, 6) is 0.291. The van der Waals surface area contributed by atoms with Crippen LogP contribution >= 0.6 is 0 Å². The van der Waals surface area contributed by atoms with Gasteiger partial charge in [-0.25, -0.2) is 4.79 Å². The lowest BCUT2D eigenvalue weighted by molar-refractivity contribution is -0.132. The fraction of sp³-hybridized carbons (Fsp3) is 0.480. The van der Waals surface area contributed by atoms with E-state index in [1.165, 1.54) is 0 Å². The van der Waals surface area contributed by atoms with E-state index in [2.05, 4.69) is 22.8 Å². The number of benzene rings is 1. The van der Waals surface area contributed by atoms with Gasteiger partial charge in [0.2, 0.25) is 12.3 Å². The van der Waals surface area contributed by atoms with Gasteiger partial charge in [0.25, 0.3) is 0 Å². The third kappa shape index (κ3) is 6.45. The summed E-state index contributed by atoms with van der Waals surface area (Å²) in [6.07, 6.45) is 9.50. The van der Waals surface area contributed by atoms with Gasteiger partial charge in [0.15, 0.2) is 0 Å². The minimum atomic E-state index is -0.625. The second-order valence-electron chi connectivity index (χ2n) is 8.78. The Morgan fingerprint density at radius 3 is 2.78 bits per heavy atom. The Bertz CT molecular complexity index is 878. The van der Waals surface area contributed by atoms with Gasteiger partial charge in [0, 0.05) is 24.7 Å². The Kier molecular flexibility index (Phi) is 8.48. The van der Waals surface area contributed by atoms with Crippen LogP contribution in [-0.2, 0) is 14.3 Å². The van der Waals surface area contributed by atoms with Crippen molar-refractivity contribution in [3.05, 3.63) is 53.6 Å². The van der Waals surface area contributed by atoms with Gasteiger partial charge in [0.1, 0.15) is 12.6 Å². The first-order valence-electron chi connectivity index (χ1n) is 11.3. The second-order valence-corrected chi connectivity index (χ2v) is 8.78. The number of carbonyl (C=O) groups is 3. The molecule has 2 atom stereocenters. The molecule has 1 aromatic rings. The lowest BCUT2D eigenvalue weighted by Gasteiger charge is -2.25. The number of anilines is 1. The Labute approximate surface area is 189 Å². The van der Waals surface area contributed by atoms with Gasteiger partial charge >= 0.3 is 6.09 Å². The summed E-state index contributed by atoms with van der Waals surface area (Å²) in [6.45, 7) is 5.43. The van der Waals surface area contributed by atoms with E-state index < -0.39 is 12.1 Å². The molecule has 0 saturated carbocycles. The predicted molar refractivity (Wildman–Crippen MR) is 124 cm³/mol. The van der Waals surface area contributed by atoms with Crippen LogP contribution in [0.3, 0.4) is 0 Å². The summed E-state index contributed by atoms with van der Waals surface area (Å²) in [7, 11) is 0. The Morgan fingerprint density at radius 2 is 2.06 bits per heavy atom. The van der Waals surface area contributed by atoms with Crippen molar-refractivity contribution in [2.75, 3.05) is 25.0 Å². The molecule has 0 aromatic heterocycles. The van der Waals surface area contributed by atoms with E-state index in [4.69, 9.17) is 4.74 Å². The highest BCUT2D eigenvalue weighted by molar-refractivity contribution is 5.86. The SMILES string of the molecule is CC(C)CC(NC(=O)OCC1=CCCC=C1)C(=O)N1CCC(c2ccccc2NC=O)C1. The van der Waals surface area contributed by atoms with Crippen LogP contribution in [0.2, 0.25) is 0 Å². The largest absolute Gasteiger partial charge is 0.445 e. The van der Waals surface area contributed by atoms with E-state index >= 15 is 0 Å². The Balaban J connectivity index is 1.60. The molecule has 172 valence electrons. The van der Waals surface area contributed by atoms with Crippen LogP contribution in [-0.4, -0.2) is 49.0 Å². The molecule has 1 fully saturated rings. The van der Waals surface area contributed by atoms with Crippen molar-refractivity contribution in [2.24, 2.45) is 5.92 Å². The molecule has 1 heterocycles. The topological polar surface area (TPSA) is 87.7 Å². The number of allylic oxidation sites excluding steroid dienone is 2. The number of nitrogens with one attached hydrogen (secondary N) is 2. The normalized spacial score (nSPS) is 18.8. The van der Waals surface area contributed by atoms with Gasteiger partial charge in [-0.05, 0) is 48.8 Å². The molecule has 0 radical (unpaired) electrons. The number of hydrogen-bond acceptors (Lipinski definition) is 4. The number of rotatable bonds is 9. The zero-order valence-electron chi connectivity index (χ0n) is 18.9. The smallest absolute Gasteiger partial charge is 0.408 e.